The van der Waals surface area contributed by atoms with E-state index in [-0.39, 0.29) is 15.9 Å². The van der Waals surface area contributed by atoms with E-state index in [2.05, 4.69) is 15.0 Å². The molecule has 150 valence electrons. The second kappa shape index (κ2) is 7.37. The van der Waals surface area contributed by atoms with Crippen LogP contribution in [0.2, 0.25) is 0 Å². The zero-order valence-corrected chi connectivity index (χ0v) is 17.1. The van der Waals surface area contributed by atoms with Crippen LogP contribution in [0, 0.1) is 0 Å². The third-order valence-corrected chi connectivity index (χ3v) is 6.54. The number of benzene rings is 2. The van der Waals surface area contributed by atoms with Crippen molar-refractivity contribution in [2.45, 2.75) is 17.9 Å². The minimum Gasteiger partial charge on any atom is -0.497 e. The van der Waals surface area contributed by atoms with Gasteiger partial charge in [0.15, 0.2) is 11.2 Å². The minimum absolute atomic E-state index is 0.109. The maximum atomic E-state index is 12.6. The number of rotatable bonds is 5. The molecular formula is C19H17N3O5S2. The zero-order valence-electron chi connectivity index (χ0n) is 15.5. The Hall–Kier alpha value is -3.11. The van der Waals surface area contributed by atoms with Crippen molar-refractivity contribution < 1.29 is 22.7 Å². The van der Waals surface area contributed by atoms with Crippen LogP contribution in [0.3, 0.4) is 0 Å². The Labute approximate surface area is 171 Å². The fourth-order valence-corrected chi connectivity index (χ4v) is 4.72. The molecule has 4 rings (SSSR count). The summed E-state index contributed by atoms with van der Waals surface area (Å²) in [5, 5.41) is 4.76. The Bertz CT molecular complexity index is 1170. The Morgan fingerprint density at radius 1 is 1.21 bits per heavy atom. The van der Waals surface area contributed by atoms with E-state index < -0.39 is 16.1 Å². The molecule has 0 radical (unpaired) electrons. The fraction of sp³-hybridized carbons (Fsp3) is 0.158. The van der Waals surface area contributed by atoms with Gasteiger partial charge in [0, 0.05) is 10.9 Å². The standard InChI is InChI=1S/C19H17N3O5S2/c1-11-18(23)20-15-9-12(3-8-17(15)27-11)16-10-28-19(21-16)22-29(24,25)14-6-4-13(26-2)5-7-14/h3-11H,1-2H3,(H,20,23)(H,21,22). The SMILES string of the molecule is COc1ccc(S(=O)(=O)Nc2nc(-c3ccc4c(c3)NC(=O)C(C)O4)cs2)cc1. The van der Waals surface area contributed by atoms with Gasteiger partial charge in [-0.3, -0.25) is 9.52 Å². The number of sulfonamides is 1. The molecule has 1 atom stereocenters. The van der Waals surface area contributed by atoms with Crippen LogP contribution in [-0.2, 0) is 14.8 Å². The first-order valence-corrected chi connectivity index (χ1v) is 11.0. The number of hydrogen-bond donors (Lipinski definition) is 2. The number of carbonyl (C=O) groups is 1. The van der Waals surface area contributed by atoms with Gasteiger partial charge in [0.2, 0.25) is 0 Å². The van der Waals surface area contributed by atoms with Crippen molar-refractivity contribution in [1.29, 1.82) is 0 Å². The Morgan fingerprint density at radius 2 is 1.97 bits per heavy atom. The Kier molecular flexibility index (Phi) is 4.89. The van der Waals surface area contributed by atoms with Crippen molar-refractivity contribution in [2.75, 3.05) is 17.1 Å². The molecule has 1 amide bonds. The van der Waals surface area contributed by atoms with Crippen LogP contribution < -0.4 is 19.5 Å². The average molecular weight is 431 g/mol. The van der Waals surface area contributed by atoms with E-state index in [1.807, 2.05) is 0 Å². The van der Waals surface area contributed by atoms with Gasteiger partial charge in [0.1, 0.15) is 11.5 Å². The number of fused-ring (bicyclic) bond motifs is 1. The molecule has 0 bridgehead atoms. The first-order valence-electron chi connectivity index (χ1n) is 8.60. The normalized spacial score (nSPS) is 15.8. The molecule has 2 N–H and O–H groups in total. The number of thiazole rings is 1. The van der Waals surface area contributed by atoms with Crippen molar-refractivity contribution in [2.24, 2.45) is 0 Å². The number of hydrogen-bond acceptors (Lipinski definition) is 7. The van der Waals surface area contributed by atoms with Gasteiger partial charge >= 0.3 is 0 Å². The van der Waals surface area contributed by atoms with Crippen LogP contribution in [0.25, 0.3) is 11.3 Å². The van der Waals surface area contributed by atoms with Gasteiger partial charge in [0.05, 0.1) is 23.4 Å². The molecule has 8 nitrogen and oxygen atoms in total. The summed E-state index contributed by atoms with van der Waals surface area (Å²) in [7, 11) is -2.26. The summed E-state index contributed by atoms with van der Waals surface area (Å²) in [6.07, 6.45) is -0.549. The number of carbonyl (C=O) groups excluding carboxylic acids is 1. The van der Waals surface area contributed by atoms with Crippen LogP contribution in [0.15, 0.2) is 52.7 Å². The molecule has 3 aromatic rings. The average Bonchev–Trinajstić information content (AvgIpc) is 3.16. The van der Waals surface area contributed by atoms with Crippen molar-refractivity contribution in [3.63, 3.8) is 0 Å². The first kappa shape index (κ1) is 19.2. The van der Waals surface area contributed by atoms with Gasteiger partial charge < -0.3 is 14.8 Å². The summed E-state index contributed by atoms with van der Waals surface area (Å²) in [5.74, 6) is 0.927. The number of nitrogens with one attached hydrogen (secondary N) is 2. The third-order valence-electron chi connectivity index (χ3n) is 4.30. The highest BCUT2D eigenvalue weighted by Gasteiger charge is 2.24. The van der Waals surface area contributed by atoms with Crippen LogP contribution in [0.4, 0.5) is 10.8 Å². The number of aromatic nitrogens is 1. The molecule has 0 aliphatic carbocycles. The maximum Gasteiger partial charge on any atom is 0.265 e. The summed E-state index contributed by atoms with van der Waals surface area (Å²) < 4.78 is 38.2. The second-order valence-electron chi connectivity index (χ2n) is 6.28. The predicted octanol–water partition coefficient (Wildman–Crippen LogP) is 3.34. The molecular weight excluding hydrogens is 414 g/mol. The topological polar surface area (TPSA) is 107 Å². The highest BCUT2D eigenvalue weighted by Crippen LogP contribution is 2.35. The molecule has 10 heteroatoms. The molecule has 0 fully saturated rings. The van der Waals surface area contributed by atoms with Crippen LogP contribution in [0.1, 0.15) is 6.92 Å². The molecule has 1 aromatic heterocycles. The van der Waals surface area contributed by atoms with E-state index in [0.717, 1.165) is 5.56 Å². The molecule has 1 unspecified atom stereocenters. The largest absolute Gasteiger partial charge is 0.497 e. The predicted molar refractivity (Wildman–Crippen MR) is 110 cm³/mol. The molecule has 0 saturated carbocycles. The maximum absolute atomic E-state index is 12.6. The van der Waals surface area contributed by atoms with Gasteiger partial charge in [-0.05, 0) is 49.4 Å². The minimum atomic E-state index is -3.77. The van der Waals surface area contributed by atoms with E-state index in [4.69, 9.17) is 9.47 Å². The number of anilines is 2. The van der Waals surface area contributed by atoms with Crippen molar-refractivity contribution in [3.05, 3.63) is 47.8 Å². The lowest BCUT2D eigenvalue weighted by Crippen LogP contribution is -2.34. The van der Waals surface area contributed by atoms with Crippen LogP contribution >= 0.6 is 11.3 Å². The van der Waals surface area contributed by atoms with Gasteiger partial charge in [-0.25, -0.2) is 13.4 Å². The fourth-order valence-electron chi connectivity index (χ4n) is 2.75. The summed E-state index contributed by atoms with van der Waals surface area (Å²) in [5.41, 5.74) is 1.87. The van der Waals surface area contributed by atoms with Crippen LogP contribution in [-0.4, -0.2) is 32.5 Å². The summed E-state index contributed by atoms with van der Waals surface area (Å²) in [4.78, 5) is 16.3. The highest BCUT2D eigenvalue weighted by molar-refractivity contribution is 7.93. The number of nitrogens with zero attached hydrogens (tertiary/aromatic N) is 1. The first-order chi connectivity index (χ1) is 13.9. The molecule has 29 heavy (non-hydrogen) atoms. The molecule has 0 spiro atoms. The summed E-state index contributed by atoms with van der Waals surface area (Å²) >= 11 is 1.17. The molecule has 1 aliphatic heterocycles. The molecule has 2 aromatic carbocycles. The van der Waals surface area contributed by atoms with E-state index in [1.165, 1.54) is 30.6 Å². The smallest absolute Gasteiger partial charge is 0.265 e. The van der Waals surface area contributed by atoms with E-state index >= 15 is 0 Å². The lowest BCUT2D eigenvalue weighted by molar-refractivity contribution is -0.122. The lowest BCUT2D eigenvalue weighted by Gasteiger charge is -2.23. The van der Waals surface area contributed by atoms with E-state index in [9.17, 15) is 13.2 Å². The third kappa shape index (κ3) is 3.89. The second-order valence-corrected chi connectivity index (χ2v) is 8.82. The van der Waals surface area contributed by atoms with Gasteiger partial charge in [-0.15, -0.1) is 11.3 Å². The molecule has 2 heterocycles. The molecule has 0 saturated heterocycles. The number of methoxy groups -OCH3 is 1. The molecule has 1 aliphatic rings. The summed E-state index contributed by atoms with van der Waals surface area (Å²) in [6, 6.07) is 11.4. The number of amides is 1. The van der Waals surface area contributed by atoms with Gasteiger partial charge in [0.25, 0.3) is 15.9 Å². The van der Waals surface area contributed by atoms with Crippen LogP contribution in [0.5, 0.6) is 11.5 Å². The van der Waals surface area contributed by atoms with Gasteiger partial charge in [-0.2, -0.15) is 0 Å². The zero-order chi connectivity index (χ0) is 20.6. The highest BCUT2D eigenvalue weighted by atomic mass is 32.2. The lowest BCUT2D eigenvalue weighted by atomic mass is 10.1. The number of ether oxygens (including phenoxy) is 2. The quantitative estimate of drug-likeness (QED) is 0.642. The Balaban J connectivity index is 1.55. The van der Waals surface area contributed by atoms with Gasteiger partial charge in [-0.1, -0.05) is 0 Å². The Morgan fingerprint density at radius 3 is 2.69 bits per heavy atom. The van der Waals surface area contributed by atoms with E-state index in [0.29, 0.717) is 22.9 Å². The van der Waals surface area contributed by atoms with E-state index in [1.54, 1.807) is 42.6 Å². The summed E-state index contributed by atoms with van der Waals surface area (Å²) in [6.45, 7) is 1.67. The van der Waals surface area contributed by atoms with Crippen molar-refractivity contribution >= 4 is 38.1 Å². The van der Waals surface area contributed by atoms with Crippen molar-refractivity contribution in [1.82, 2.24) is 4.98 Å². The monoisotopic (exact) mass is 431 g/mol. The van der Waals surface area contributed by atoms with Crippen molar-refractivity contribution in [3.8, 4) is 22.8 Å².